The smallest absolute Gasteiger partial charge is 0.413 e. The predicted octanol–water partition coefficient (Wildman–Crippen LogP) is 3.82. The van der Waals surface area contributed by atoms with Gasteiger partial charge in [-0.2, -0.15) is 5.10 Å². The van der Waals surface area contributed by atoms with E-state index < -0.39 is 6.09 Å². The highest BCUT2D eigenvalue weighted by Crippen LogP contribution is 2.34. The molecule has 1 saturated heterocycles. The van der Waals surface area contributed by atoms with Gasteiger partial charge in [-0.3, -0.25) is 10.4 Å². The van der Waals surface area contributed by atoms with Crippen molar-refractivity contribution >= 4 is 56.6 Å². The number of pyridine rings is 1. The number of aromatic amines is 1. The number of hydrogen-bond donors (Lipinski definition) is 3. The number of anilines is 3. The zero-order valence-corrected chi connectivity index (χ0v) is 16.8. The second kappa shape index (κ2) is 7.86. The van der Waals surface area contributed by atoms with Crippen LogP contribution in [0.25, 0.3) is 21.5 Å². The van der Waals surface area contributed by atoms with E-state index in [2.05, 4.69) is 36.0 Å². The van der Waals surface area contributed by atoms with Gasteiger partial charge < -0.3 is 14.8 Å². The second-order valence-electron chi connectivity index (χ2n) is 6.42. The summed E-state index contributed by atoms with van der Waals surface area (Å²) < 4.78 is 10.2. The number of carbonyl (C=O) groups is 1. The molecule has 0 aliphatic carbocycles. The Morgan fingerprint density at radius 3 is 3.03 bits per heavy atom. The summed E-state index contributed by atoms with van der Waals surface area (Å²) in [6, 6.07) is 7.21. The van der Waals surface area contributed by atoms with E-state index in [0.29, 0.717) is 39.9 Å². The van der Waals surface area contributed by atoms with Gasteiger partial charge in [0, 0.05) is 17.1 Å². The molecule has 0 bridgehead atoms. The first kappa shape index (κ1) is 18.7. The van der Waals surface area contributed by atoms with Crippen LogP contribution in [-0.2, 0) is 9.47 Å². The quantitative estimate of drug-likeness (QED) is 0.424. The average Bonchev–Trinajstić information content (AvgIpc) is 3.37. The third-order valence-electron chi connectivity index (χ3n) is 4.34. The third kappa shape index (κ3) is 3.77. The first-order valence-corrected chi connectivity index (χ1v) is 10.1. The second-order valence-corrected chi connectivity index (χ2v) is 7.77. The Morgan fingerprint density at radius 1 is 1.30 bits per heavy atom. The van der Waals surface area contributed by atoms with Crippen molar-refractivity contribution in [1.82, 2.24) is 25.4 Å². The Balaban J connectivity index is 1.31. The minimum absolute atomic E-state index is 0.210. The molecular formula is C18H14ClN7O3S. The van der Waals surface area contributed by atoms with Gasteiger partial charge in [0.05, 0.1) is 35.6 Å². The Morgan fingerprint density at radius 2 is 2.20 bits per heavy atom. The Kier molecular flexibility index (Phi) is 4.91. The fraction of sp³-hybridized carbons (Fsp3) is 0.167. The van der Waals surface area contributed by atoms with Crippen molar-refractivity contribution in [3.63, 3.8) is 0 Å². The van der Waals surface area contributed by atoms with Gasteiger partial charge in [-0.25, -0.2) is 9.78 Å². The van der Waals surface area contributed by atoms with Crippen LogP contribution >= 0.6 is 22.9 Å². The van der Waals surface area contributed by atoms with Gasteiger partial charge in [-0.1, -0.05) is 22.9 Å². The molecular weight excluding hydrogens is 430 g/mol. The molecule has 1 amide bonds. The fourth-order valence-electron chi connectivity index (χ4n) is 2.78. The summed E-state index contributed by atoms with van der Waals surface area (Å²) in [4.78, 5) is 16.0. The number of carbonyl (C=O) groups excluding carboxylic acids is 1. The van der Waals surface area contributed by atoms with Crippen molar-refractivity contribution < 1.29 is 14.3 Å². The van der Waals surface area contributed by atoms with E-state index in [1.807, 2.05) is 12.1 Å². The Bertz CT molecular complexity index is 1220. The standard InChI is InChI=1S/C18H14ClN7O3S/c19-15-11-6-21-24-12(11)1-2-13(15)22-17-26-25-16(30-17)9-3-4-20-14(5-9)23-18(27)29-10-7-28-8-10/h1-6,10H,7-8H2,(H,21,24)(H,22,26)(H,20,23,27). The highest BCUT2D eigenvalue weighted by molar-refractivity contribution is 7.18. The number of benzene rings is 1. The van der Waals surface area contributed by atoms with Crippen LogP contribution in [0.4, 0.5) is 21.4 Å². The molecule has 0 unspecified atom stereocenters. The first-order chi connectivity index (χ1) is 14.7. The molecule has 152 valence electrons. The van der Waals surface area contributed by atoms with Gasteiger partial charge in [0.1, 0.15) is 10.8 Å². The lowest BCUT2D eigenvalue weighted by molar-refractivity contribution is -0.0951. The monoisotopic (exact) mass is 443 g/mol. The van der Waals surface area contributed by atoms with Crippen molar-refractivity contribution in [3.8, 4) is 10.6 Å². The lowest BCUT2D eigenvalue weighted by Gasteiger charge is -2.25. The molecule has 3 N–H and O–H groups in total. The number of H-pyrrole nitrogens is 1. The number of halogens is 1. The molecule has 0 spiro atoms. The number of amides is 1. The van der Waals surface area contributed by atoms with Gasteiger partial charge in [-0.05, 0) is 24.3 Å². The molecule has 5 rings (SSSR count). The number of aromatic nitrogens is 5. The van der Waals surface area contributed by atoms with Crippen molar-refractivity contribution in [1.29, 1.82) is 0 Å². The lowest BCUT2D eigenvalue weighted by Crippen LogP contribution is -2.39. The van der Waals surface area contributed by atoms with Crippen LogP contribution in [-0.4, -0.2) is 50.8 Å². The molecule has 0 radical (unpaired) electrons. The topological polar surface area (TPSA) is 127 Å². The van der Waals surface area contributed by atoms with Crippen molar-refractivity contribution in [3.05, 3.63) is 41.7 Å². The molecule has 4 aromatic rings. The summed E-state index contributed by atoms with van der Waals surface area (Å²) in [6.07, 6.45) is 2.47. The minimum atomic E-state index is -0.572. The molecule has 1 fully saturated rings. The van der Waals surface area contributed by atoms with Crippen molar-refractivity contribution in [2.75, 3.05) is 23.8 Å². The highest BCUT2D eigenvalue weighted by atomic mass is 35.5. The fourth-order valence-corrected chi connectivity index (χ4v) is 3.80. The molecule has 1 aromatic carbocycles. The minimum Gasteiger partial charge on any atom is -0.441 e. The zero-order valence-electron chi connectivity index (χ0n) is 15.3. The summed E-state index contributed by atoms with van der Waals surface area (Å²) >= 11 is 7.79. The maximum absolute atomic E-state index is 11.9. The summed E-state index contributed by atoms with van der Waals surface area (Å²) in [6.45, 7) is 0.831. The van der Waals surface area contributed by atoms with E-state index >= 15 is 0 Å². The third-order valence-corrected chi connectivity index (χ3v) is 5.64. The van der Waals surface area contributed by atoms with E-state index in [1.54, 1.807) is 24.5 Å². The number of ether oxygens (including phenoxy) is 2. The van der Waals surface area contributed by atoms with E-state index in [1.165, 1.54) is 11.3 Å². The van der Waals surface area contributed by atoms with Gasteiger partial charge in [0.15, 0.2) is 6.10 Å². The maximum atomic E-state index is 11.9. The van der Waals surface area contributed by atoms with Gasteiger partial charge in [0.25, 0.3) is 0 Å². The maximum Gasteiger partial charge on any atom is 0.413 e. The molecule has 12 heteroatoms. The zero-order chi connectivity index (χ0) is 20.5. The molecule has 4 heterocycles. The summed E-state index contributed by atoms with van der Waals surface area (Å²) in [7, 11) is 0. The number of nitrogens with zero attached hydrogens (tertiary/aromatic N) is 4. The summed E-state index contributed by atoms with van der Waals surface area (Å²) in [5.41, 5.74) is 2.31. The van der Waals surface area contributed by atoms with Crippen LogP contribution in [0.15, 0.2) is 36.7 Å². The molecule has 3 aromatic heterocycles. The molecule has 1 aliphatic heterocycles. The summed E-state index contributed by atoms with van der Waals surface area (Å²) in [5.74, 6) is 0.357. The molecule has 0 atom stereocenters. The predicted molar refractivity (Wildman–Crippen MR) is 112 cm³/mol. The van der Waals surface area contributed by atoms with E-state index in [9.17, 15) is 4.79 Å². The molecule has 30 heavy (non-hydrogen) atoms. The SMILES string of the molecule is O=C(Nc1cc(-c2nnc(Nc3ccc4[nH]ncc4c3Cl)s2)ccn1)OC1COC1. The van der Waals surface area contributed by atoms with Crippen LogP contribution in [0, 0.1) is 0 Å². The summed E-state index contributed by atoms with van der Waals surface area (Å²) in [5, 5.41) is 23.6. The van der Waals surface area contributed by atoms with Gasteiger partial charge in [0.2, 0.25) is 5.13 Å². The Hall–Kier alpha value is -3.28. The normalized spacial score (nSPS) is 13.8. The van der Waals surface area contributed by atoms with E-state index in [4.69, 9.17) is 21.1 Å². The molecule has 10 nitrogen and oxygen atoms in total. The lowest BCUT2D eigenvalue weighted by atomic mass is 10.2. The van der Waals surface area contributed by atoms with Crippen LogP contribution in [0.2, 0.25) is 5.02 Å². The van der Waals surface area contributed by atoms with Crippen LogP contribution in [0.1, 0.15) is 0 Å². The number of nitrogens with one attached hydrogen (secondary N) is 3. The molecule has 1 aliphatic rings. The van der Waals surface area contributed by atoms with E-state index in [0.717, 1.165) is 16.5 Å². The number of hydrogen-bond acceptors (Lipinski definition) is 9. The van der Waals surface area contributed by atoms with Gasteiger partial charge in [-0.15, -0.1) is 10.2 Å². The van der Waals surface area contributed by atoms with E-state index in [-0.39, 0.29) is 6.10 Å². The van der Waals surface area contributed by atoms with Crippen molar-refractivity contribution in [2.24, 2.45) is 0 Å². The van der Waals surface area contributed by atoms with Gasteiger partial charge >= 0.3 is 6.09 Å². The largest absolute Gasteiger partial charge is 0.441 e. The van der Waals surface area contributed by atoms with Crippen LogP contribution < -0.4 is 10.6 Å². The Labute approximate surface area is 178 Å². The van der Waals surface area contributed by atoms with Crippen molar-refractivity contribution in [2.45, 2.75) is 6.10 Å². The average molecular weight is 444 g/mol. The highest BCUT2D eigenvalue weighted by Gasteiger charge is 2.23. The van der Waals surface area contributed by atoms with Crippen LogP contribution in [0.5, 0.6) is 0 Å². The first-order valence-electron chi connectivity index (χ1n) is 8.89. The number of fused-ring (bicyclic) bond motifs is 1. The van der Waals surface area contributed by atoms with Crippen LogP contribution in [0.3, 0.4) is 0 Å². The number of rotatable bonds is 5. The molecule has 0 saturated carbocycles.